The highest BCUT2D eigenvalue weighted by molar-refractivity contribution is 5.80. The molecule has 202 valence electrons. The number of carbonyl (C=O) groups is 2. The summed E-state index contributed by atoms with van der Waals surface area (Å²) in [5.41, 5.74) is -1.37. The van der Waals surface area contributed by atoms with E-state index < -0.39 is 22.8 Å². The maximum atomic E-state index is 11.6. The second-order valence-electron chi connectivity index (χ2n) is 10.8. The van der Waals surface area contributed by atoms with E-state index in [2.05, 4.69) is 5.32 Å². The summed E-state index contributed by atoms with van der Waals surface area (Å²) in [5, 5.41) is 20.6. The van der Waals surface area contributed by atoms with Crippen LogP contribution in [0, 0.1) is 0 Å². The van der Waals surface area contributed by atoms with Gasteiger partial charge in [-0.1, -0.05) is 0 Å². The summed E-state index contributed by atoms with van der Waals surface area (Å²) < 4.78 is 24.1. The van der Waals surface area contributed by atoms with Gasteiger partial charge in [0.05, 0.1) is 49.1 Å². The predicted octanol–water partition coefficient (Wildman–Crippen LogP) is 3.31. The Morgan fingerprint density at radius 2 is 1.47 bits per heavy atom. The summed E-state index contributed by atoms with van der Waals surface area (Å²) in [7, 11) is 0. The minimum Gasteiger partial charge on any atom is -0.481 e. The second-order valence-corrected chi connectivity index (χ2v) is 10.8. The smallest absolute Gasteiger partial charge is 0.303 e. The molecule has 0 bridgehead atoms. The van der Waals surface area contributed by atoms with Gasteiger partial charge in [0, 0.05) is 19.6 Å². The minimum absolute atomic E-state index is 0.0216. The van der Waals surface area contributed by atoms with Crippen molar-refractivity contribution in [2.24, 2.45) is 0 Å². The first-order valence-corrected chi connectivity index (χ1v) is 12.2. The Morgan fingerprint density at radius 1 is 0.853 bits per heavy atom. The van der Waals surface area contributed by atoms with Crippen LogP contribution >= 0.6 is 0 Å². The topological polar surface area (TPSA) is 124 Å². The van der Waals surface area contributed by atoms with Gasteiger partial charge in [0.15, 0.2) is 0 Å². The minimum atomic E-state index is -0.983. The van der Waals surface area contributed by atoms with Crippen molar-refractivity contribution in [2.45, 2.75) is 117 Å². The van der Waals surface area contributed by atoms with Gasteiger partial charge in [-0.2, -0.15) is 0 Å². The lowest BCUT2D eigenvalue weighted by molar-refractivity contribution is -0.162. The fraction of sp³-hybridized carbons (Fsp3) is 0.920. The molecule has 0 aromatic carbocycles. The van der Waals surface area contributed by atoms with Gasteiger partial charge in [-0.25, -0.2) is 0 Å². The molecule has 0 fully saturated rings. The molecule has 9 heteroatoms. The van der Waals surface area contributed by atoms with Crippen LogP contribution in [0.4, 0.5) is 0 Å². The van der Waals surface area contributed by atoms with Gasteiger partial charge in [-0.3, -0.25) is 9.59 Å². The molecule has 0 saturated carbocycles. The molecule has 34 heavy (non-hydrogen) atoms. The second kappa shape index (κ2) is 15.7. The molecule has 1 atom stereocenters. The Balaban J connectivity index is 4.51. The normalized spacial score (nSPS) is 13.8. The van der Waals surface area contributed by atoms with E-state index in [1.165, 1.54) is 0 Å². The highest BCUT2D eigenvalue weighted by Gasteiger charge is 2.28. The molecule has 0 saturated heterocycles. The molecule has 1 unspecified atom stereocenters. The first kappa shape index (κ1) is 32.7. The zero-order valence-corrected chi connectivity index (χ0v) is 22.6. The standard InChI is InChI=1S/C25H49NO8/c1-19(2)31-17-20(34-25(7,8)12-15-27)18-33-24(5,6)13-16-32-23(3,4)11-14-26-21(28)9-10-22(29)30/h19-20,27H,9-18H2,1-8H3,(H,26,28)(H,29,30). The third-order valence-electron chi connectivity index (χ3n) is 5.29. The SMILES string of the molecule is CC(C)OCC(COC(C)(C)CCOC(C)(C)CCNC(=O)CCC(=O)O)OC(C)(C)CCO. The third-order valence-corrected chi connectivity index (χ3v) is 5.29. The van der Waals surface area contributed by atoms with Gasteiger partial charge >= 0.3 is 5.97 Å². The van der Waals surface area contributed by atoms with Crippen molar-refractivity contribution >= 4 is 11.9 Å². The van der Waals surface area contributed by atoms with E-state index in [-0.39, 0.29) is 37.6 Å². The summed E-state index contributed by atoms with van der Waals surface area (Å²) in [5.74, 6) is -1.25. The van der Waals surface area contributed by atoms with Crippen molar-refractivity contribution in [3.05, 3.63) is 0 Å². The number of carbonyl (C=O) groups excluding carboxylic acids is 1. The fourth-order valence-corrected chi connectivity index (χ4v) is 3.04. The lowest BCUT2D eigenvalue weighted by Gasteiger charge is -2.34. The molecule has 3 N–H and O–H groups in total. The van der Waals surface area contributed by atoms with Gasteiger partial charge in [0.25, 0.3) is 0 Å². The number of hydrogen-bond acceptors (Lipinski definition) is 7. The van der Waals surface area contributed by atoms with Crippen LogP contribution in [-0.4, -0.2) is 84.1 Å². The highest BCUT2D eigenvalue weighted by Crippen LogP contribution is 2.22. The van der Waals surface area contributed by atoms with Crippen molar-refractivity contribution in [2.75, 3.05) is 33.0 Å². The van der Waals surface area contributed by atoms with E-state index in [1.54, 1.807) is 0 Å². The highest BCUT2D eigenvalue weighted by atomic mass is 16.6. The van der Waals surface area contributed by atoms with Crippen molar-refractivity contribution in [1.29, 1.82) is 0 Å². The molecule has 9 nitrogen and oxygen atoms in total. The molecule has 0 radical (unpaired) electrons. The van der Waals surface area contributed by atoms with E-state index in [0.29, 0.717) is 45.6 Å². The monoisotopic (exact) mass is 491 g/mol. The van der Waals surface area contributed by atoms with Crippen LogP contribution in [0.25, 0.3) is 0 Å². The Hall–Kier alpha value is -1.26. The first-order chi connectivity index (χ1) is 15.6. The van der Waals surface area contributed by atoms with E-state index in [1.807, 2.05) is 55.4 Å². The van der Waals surface area contributed by atoms with Crippen LogP contribution in [0.1, 0.15) is 87.5 Å². The summed E-state index contributed by atoms with van der Waals surface area (Å²) in [4.78, 5) is 22.2. The fourth-order valence-electron chi connectivity index (χ4n) is 3.04. The number of aliphatic carboxylic acids is 1. The average molecular weight is 492 g/mol. The average Bonchev–Trinajstić information content (AvgIpc) is 2.67. The van der Waals surface area contributed by atoms with E-state index in [4.69, 9.17) is 24.1 Å². The summed E-state index contributed by atoms with van der Waals surface area (Å²) in [6, 6.07) is 0. The number of hydrogen-bond donors (Lipinski definition) is 3. The van der Waals surface area contributed by atoms with E-state index >= 15 is 0 Å². The van der Waals surface area contributed by atoms with Gasteiger partial charge < -0.3 is 34.5 Å². The molecule has 0 aliphatic heterocycles. The molecule has 0 aliphatic carbocycles. The van der Waals surface area contributed by atoms with Crippen LogP contribution < -0.4 is 5.32 Å². The Morgan fingerprint density at radius 3 is 2.03 bits per heavy atom. The quantitative estimate of drug-likeness (QED) is 0.237. The van der Waals surface area contributed by atoms with Crippen molar-refractivity contribution < 1.29 is 38.7 Å². The Bertz CT molecular complexity index is 589. The van der Waals surface area contributed by atoms with Crippen LogP contribution in [0.5, 0.6) is 0 Å². The van der Waals surface area contributed by atoms with Gasteiger partial charge in [-0.05, 0) is 74.7 Å². The number of ether oxygens (including phenoxy) is 4. The molecule has 0 aromatic heterocycles. The number of carboxylic acids is 1. The summed E-state index contributed by atoms with van der Waals surface area (Å²) >= 11 is 0. The predicted molar refractivity (Wildman–Crippen MR) is 131 cm³/mol. The van der Waals surface area contributed by atoms with Crippen LogP contribution in [0.2, 0.25) is 0 Å². The van der Waals surface area contributed by atoms with E-state index in [0.717, 1.165) is 0 Å². The molecule has 1 amide bonds. The number of aliphatic hydroxyl groups excluding tert-OH is 1. The molecule has 0 heterocycles. The first-order valence-electron chi connectivity index (χ1n) is 12.2. The number of amides is 1. The largest absolute Gasteiger partial charge is 0.481 e. The lowest BCUT2D eigenvalue weighted by atomic mass is 10.0. The number of aliphatic hydroxyl groups is 1. The summed E-state index contributed by atoms with van der Waals surface area (Å²) in [6.45, 7) is 17.5. The maximum absolute atomic E-state index is 11.6. The summed E-state index contributed by atoms with van der Waals surface area (Å²) in [6.07, 6.45) is 1.43. The van der Waals surface area contributed by atoms with Crippen LogP contribution in [0.3, 0.4) is 0 Å². The molecule has 0 spiro atoms. The van der Waals surface area contributed by atoms with Crippen LogP contribution in [0.15, 0.2) is 0 Å². The number of nitrogens with one attached hydrogen (secondary N) is 1. The Kier molecular flexibility index (Phi) is 15.1. The zero-order chi connectivity index (χ0) is 26.4. The zero-order valence-electron chi connectivity index (χ0n) is 22.6. The number of carboxylic acid groups (broad SMARTS) is 1. The van der Waals surface area contributed by atoms with E-state index in [9.17, 15) is 14.7 Å². The van der Waals surface area contributed by atoms with Crippen LogP contribution in [-0.2, 0) is 28.5 Å². The van der Waals surface area contributed by atoms with Gasteiger partial charge in [-0.15, -0.1) is 0 Å². The molecule has 0 aliphatic rings. The molecule has 0 aromatic rings. The maximum Gasteiger partial charge on any atom is 0.303 e. The lowest BCUT2D eigenvalue weighted by Crippen LogP contribution is -2.40. The molecular weight excluding hydrogens is 442 g/mol. The molecular formula is C25H49NO8. The van der Waals surface area contributed by atoms with Gasteiger partial charge in [0.2, 0.25) is 5.91 Å². The van der Waals surface area contributed by atoms with Crippen molar-refractivity contribution in [3.63, 3.8) is 0 Å². The van der Waals surface area contributed by atoms with Crippen molar-refractivity contribution in [3.8, 4) is 0 Å². The molecule has 0 rings (SSSR count). The Labute approximate surface area is 205 Å². The van der Waals surface area contributed by atoms with Gasteiger partial charge in [0.1, 0.15) is 6.10 Å². The van der Waals surface area contributed by atoms with Crippen molar-refractivity contribution in [1.82, 2.24) is 5.32 Å². The number of rotatable bonds is 20. The third kappa shape index (κ3) is 18.1.